The molecule has 0 saturated carbocycles. The highest BCUT2D eigenvalue weighted by Crippen LogP contribution is 2.44. The van der Waals surface area contributed by atoms with E-state index in [1.165, 1.54) is 12.1 Å². The van der Waals surface area contributed by atoms with Crippen molar-refractivity contribution in [1.29, 1.82) is 0 Å². The third kappa shape index (κ3) is 11.2. The number of nitrogens with two attached hydrogens (primary N) is 1. The van der Waals surface area contributed by atoms with Gasteiger partial charge in [0.05, 0.1) is 5.69 Å². The van der Waals surface area contributed by atoms with Crippen molar-refractivity contribution >= 4 is 61.1 Å². The van der Waals surface area contributed by atoms with Crippen molar-refractivity contribution in [3.8, 4) is 0 Å². The van der Waals surface area contributed by atoms with Crippen LogP contribution in [0, 0.1) is 0 Å². The van der Waals surface area contributed by atoms with Crippen LogP contribution >= 0.6 is 55.4 Å². The smallest absolute Gasteiger partial charge is 0.397 e. The minimum Gasteiger partial charge on any atom is -0.397 e. The highest BCUT2D eigenvalue weighted by atomic mass is 79.9. The van der Waals surface area contributed by atoms with Gasteiger partial charge in [-0.2, -0.15) is 26.3 Å². The molecule has 2 N–H and O–H groups in total. The van der Waals surface area contributed by atoms with Gasteiger partial charge in [-0.3, -0.25) is 0 Å². The average molecular weight is 641 g/mol. The zero-order valence-electron chi connectivity index (χ0n) is 18.8. The first-order chi connectivity index (χ1) is 14.6. The SMILES string of the molecule is CC(C)(C)c1cc(Br)c(N)c(SC(F)(F)F)c1.CC(C)(C)c1cc(Br)cc(SC(F)(F)F)c1. The second-order valence-corrected chi connectivity index (χ2v) is 13.2. The van der Waals surface area contributed by atoms with Gasteiger partial charge in [0.25, 0.3) is 0 Å². The topological polar surface area (TPSA) is 26.0 Å². The third-order valence-corrected chi connectivity index (χ3v) is 6.76. The summed E-state index contributed by atoms with van der Waals surface area (Å²) < 4.78 is 75.0. The molecule has 0 aliphatic carbocycles. The van der Waals surface area contributed by atoms with Crippen LogP contribution in [0.1, 0.15) is 52.7 Å². The zero-order valence-corrected chi connectivity index (χ0v) is 23.6. The molecule has 0 atom stereocenters. The molecule has 0 aromatic heterocycles. The van der Waals surface area contributed by atoms with Crippen LogP contribution in [0.15, 0.2) is 49.1 Å². The van der Waals surface area contributed by atoms with E-state index >= 15 is 0 Å². The summed E-state index contributed by atoms with van der Waals surface area (Å²) >= 11 is 6.16. The molecular formula is C22H25Br2F6NS2. The highest BCUT2D eigenvalue weighted by Gasteiger charge is 2.32. The van der Waals surface area contributed by atoms with Crippen LogP contribution in [-0.4, -0.2) is 11.0 Å². The van der Waals surface area contributed by atoms with Gasteiger partial charge in [0.1, 0.15) is 0 Å². The Bertz CT molecular complexity index is 962. The molecule has 1 nitrogen and oxygen atoms in total. The molecule has 0 heterocycles. The largest absolute Gasteiger partial charge is 0.446 e. The maximum absolute atomic E-state index is 12.4. The van der Waals surface area contributed by atoms with Gasteiger partial charge in [0.15, 0.2) is 0 Å². The summed E-state index contributed by atoms with van der Waals surface area (Å²) in [4.78, 5) is 0.253. The van der Waals surface area contributed by atoms with Crippen LogP contribution in [0.2, 0.25) is 0 Å². The number of nitrogen functional groups attached to an aromatic ring is 1. The zero-order chi connectivity index (χ0) is 26.0. The van der Waals surface area contributed by atoms with Crippen LogP contribution in [-0.2, 0) is 10.8 Å². The van der Waals surface area contributed by atoms with E-state index in [4.69, 9.17) is 5.73 Å². The maximum atomic E-state index is 12.4. The van der Waals surface area contributed by atoms with Gasteiger partial charge in [0.2, 0.25) is 0 Å². The van der Waals surface area contributed by atoms with Gasteiger partial charge < -0.3 is 5.73 Å². The predicted molar refractivity (Wildman–Crippen MR) is 134 cm³/mol. The molecule has 0 saturated heterocycles. The molecule has 2 rings (SSSR count). The number of hydrogen-bond acceptors (Lipinski definition) is 3. The molecule has 186 valence electrons. The fourth-order valence-corrected chi connectivity index (χ4v) is 4.95. The van der Waals surface area contributed by atoms with E-state index in [-0.39, 0.29) is 49.8 Å². The van der Waals surface area contributed by atoms with Crippen LogP contribution in [0.5, 0.6) is 0 Å². The second-order valence-electron chi connectivity index (χ2n) is 9.14. The van der Waals surface area contributed by atoms with Gasteiger partial charge in [-0.25, -0.2) is 0 Å². The van der Waals surface area contributed by atoms with E-state index in [0.29, 0.717) is 8.95 Å². The summed E-state index contributed by atoms with van der Waals surface area (Å²) in [6.07, 6.45) is 0. The second kappa shape index (κ2) is 11.0. The van der Waals surface area contributed by atoms with E-state index in [1.807, 2.05) is 47.6 Å². The lowest BCUT2D eigenvalue weighted by molar-refractivity contribution is -0.0337. The molecule has 0 radical (unpaired) electrons. The lowest BCUT2D eigenvalue weighted by Gasteiger charge is -2.21. The Morgan fingerprint density at radius 1 is 0.667 bits per heavy atom. The molecule has 0 spiro atoms. The monoisotopic (exact) mass is 639 g/mol. The number of thioether (sulfide) groups is 2. The summed E-state index contributed by atoms with van der Waals surface area (Å²) in [7, 11) is 0. The first-order valence-corrected chi connectivity index (χ1v) is 12.7. The van der Waals surface area contributed by atoms with Crippen molar-refractivity contribution in [2.24, 2.45) is 0 Å². The summed E-state index contributed by atoms with van der Waals surface area (Å²) in [5, 5.41) is 0. The van der Waals surface area contributed by atoms with Crippen molar-refractivity contribution in [3.05, 3.63) is 50.4 Å². The van der Waals surface area contributed by atoms with Crippen molar-refractivity contribution in [1.82, 2.24) is 0 Å². The average Bonchev–Trinajstić information content (AvgIpc) is 2.54. The molecule has 0 unspecified atom stereocenters. The number of rotatable bonds is 2. The molecule has 0 amide bonds. The molecule has 0 aliphatic rings. The molecule has 11 heteroatoms. The Balaban J connectivity index is 0.000000331. The Morgan fingerprint density at radius 2 is 1.12 bits per heavy atom. The molecular weight excluding hydrogens is 616 g/mol. The fraction of sp³-hybridized carbons (Fsp3) is 0.455. The highest BCUT2D eigenvalue weighted by molar-refractivity contribution is 9.10. The van der Waals surface area contributed by atoms with Crippen LogP contribution in [0.3, 0.4) is 0 Å². The van der Waals surface area contributed by atoms with Gasteiger partial charge in [-0.15, -0.1) is 0 Å². The minimum absolute atomic E-state index is 0.0387. The summed E-state index contributed by atoms with van der Waals surface area (Å²) in [6, 6.07) is 8.17. The number of halogens is 8. The van der Waals surface area contributed by atoms with E-state index < -0.39 is 11.0 Å². The van der Waals surface area contributed by atoms with E-state index in [2.05, 4.69) is 31.9 Å². The number of benzene rings is 2. The minimum atomic E-state index is -4.33. The Labute approximate surface area is 215 Å². The Kier molecular flexibility index (Phi) is 10.2. The van der Waals surface area contributed by atoms with Gasteiger partial charge >= 0.3 is 11.0 Å². The number of anilines is 1. The van der Waals surface area contributed by atoms with Gasteiger partial charge in [-0.1, -0.05) is 57.5 Å². The van der Waals surface area contributed by atoms with Crippen molar-refractivity contribution in [2.45, 2.75) is 73.2 Å². The van der Waals surface area contributed by atoms with Crippen LogP contribution < -0.4 is 5.73 Å². The lowest BCUT2D eigenvalue weighted by Crippen LogP contribution is -2.12. The fourth-order valence-electron chi connectivity index (χ4n) is 2.42. The lowest BCUT2D eigenvalue weighted by atomic mass is 9.87. The Hall–Kier alpha value is -0.520. The van der Waals surface area contributed by atoms with Crippen LogP contribution in [0.4, 0.5) is 32.0 Å². The number of alkyl halides is 6. The van der Waals surface area contributed by atoms with Crippen molar-refractivity contribution in [3.63, 3.8) is 0 Å². The normalized spacial score (nSPS) is 12.9. The van der Waals surface area contributed by atoms with Gasteiger partial charge in [-0.05, 0) is 91.7 Å². The molecule has 0 fully saturated rings. The molecule has 2 aromatic rings. The molecule has 33 heavy (non-hydrogen) atoms. The molecule has 2 aromatic carbocycles. The first-order valence-electron chi connectivity index (χ1n) is 9.50. The first kappa shape index (κ1) is 30.5. The standard InChI is InChI=1S/C11H13BrF3NS.C11H12BrF3S/c1-10(2,3)6-4-7(12)9(16)8(5-6)17-11(13,14)15;1-10(2,3)7-4-8(12)6-9(5-7)16-11(13,14)15/h4-5H,16H2,1-3H3;4-6H,1-3H3. The summed E-state index contributed by atoms with van der Waals surface area (Å²) in [5.74, 6) is 0. The van der Waals surface area contributed by atoms with Crippen molar-refractivity contribution < 1.29 is 26.3 Å². The molecule has 0 bridgehead atoms. The maximum Gasteiger partial charge on any atom is 0.446 e. The Morgan fingerprint density at radius 3 is 1.55 bits per heavy atom. The summed E-state index contributed by atoms with van der Waals surface area (Å²) in [6.45, 7) is 11.7. The van der Waals surface area contributed by atoms with E-state index in [9.17, 15) is 26.3 Å². The van der Waals surface area contributed by atoms with E-state index in [1.54, 1.807) is 12.1 Å². The van der Waals surface area contributed by atoms with Crippen molar-refractivity contribution in [2.75, 3.05) is 5.73 Å². The number of hydrogen-bond donors (Lipinski definition) is 1. The third-order valence-electron chi connectivity index (χ3n) is 4.15. The van der Waals surface area contributed by atoms with E-state index in [0.717, 1.165) is 11.1 Å². The quantitative estimate of drug-likeness (QED) is 0.201. The van der Waals surface area contributed by atoms with Crippen LogP contribution in [0.25, 0.3) is 0 Å². The molecule has 0 aliphatic heterocycles. The van der Waals surface area contributed by atoms with Gasteiger partial charge in [0, 0.05) is 18.7 Å². The predicted octanol–water partition coefficient (Wildman–Crippen LogP) is 10.3. The summed E-state index contributed by atoms with van der Waals surface area (Å²) in [5.41, 5.74) is -1.50.